The highest BCUT2D eigenvalue weighted by Gasteiger charge is 2.27. The van der Waals surface area contributed by atoms with Crippen LogP contribution in [-0.4, -0.2) is 28.5 Å². The summed E-state index contributed by atoms with van der Waals surface area (Å²) in [6, 6.07) is 6.27. The Balaban J connectivity index is 2.01. The van der Waals surface area contributed by atoms with Gasteiger partial charge in [0, 0.05) is 18.8 Å². The highest BCUT2D eigenvalue weighted by atomic mass is 19.4. The SMILES string of the molecule is Cc1nn(C)cc1NC(=O)c1cccc(COCC(F)(F)F)c1. The van der Waals surface area contributed by atoms with Crippen molar-refractivity contribution in [3.05, 3.63) is 47.3 Å². The average molecular weight is 327 g/mol. The van der Waals surface area contributed by atoms with Gasteiger partial charge in [-0.2, -0.15) is 18.3 Å². The molecule has 0 saturated heterocycles. The number of carbonyl (C=O) groups is 1. The molecule has 0 atom stereocenters. The van der Waals surface area contributed by atoms with E-state index in [1.807, 2.05) is 0 Å². The van der Waals surface area contributed by atoms with Crippen LogP contribution in [0.2, 0.25) is 0 Å². The maximum absolute atomic E-state index is 12.2. The van der Waals surface area contributed by atoms with Crippen molar-refractivity contribution in [2.75, 3.05) is 11.9 Å². The largest absolute Gasteiger partial charge is 0.411 e. The number of nitrogens with zero attached hydrogens (tertiary/aromatic N) is 2. The van der Waals surface area contributed by atoms with Crippen LogP contribution in [0.25, 0.3) is 0 Å². The van der Waals surface area contributed by atoms with Gasteiger partial charge in [0.2, 0.25) is 0 Å². The molecule has 0 saturated carbocycles. The van der Waals surface area contributed by atoms with E-state index in [0.29, 0.717) is 22.5 Å². The minimum atomic E-state index is -4.37. The highest BCUT2D eigenvalue weighted by Crippen LogP contribution is 2.17. The Hall–Kier alpha value is -2.35. The number of hydrogen-bond acceptors (Lipinski definition) is 3. The number of nitrogens with one attached hydrogen (secondary N) is 1. The molecule has 0 fully saturated rings. The van der Waals surface area contributed by atoms with Gasteiger partial charge < -0.3 is 10.1 Å². The molecule has 5 nitrogen and oxygen atoms in total. The molecule has 0 spiro atoms. The zero-order valence-corrected chi connectivity index (χ0v) is 12.6. The first-order valence-corrected chi connectivity index (χ1v) is 6.79. The zero-order chi connectivity index (χ0) is 17.0. The maximum atomic E-state index is 12.2. The minimum Gasteiger partial charge on any atom is -0.367 e. The van der Waals surface area contributed by atoms with Crippen LogP contribution in [0.4, 0.5) is 18.9 Å². The van der Waals surface area contributed by atoms with Crippen LogP contribution in [0.15, 0.2) is 30.5 Å². The van der Waals surface area contributed by atoms with E-state index in [1.165, 1.54) is 6.07 Å². The van der Waals surface area contributed by atoms with Gasteiger partial charge in [0.1, 0.15) is 6.61 Å². The molecule has 8 heteroatoms. The Kier molecular flexibility index (Phi) is 5.05. The molecule has 1 N–H and O–H groups in total. The molecule has 2 aromatic rings. The Morgan fingerprint density at radius 3 is 2.74 bits per heavy atom. The molecule has 0 unspecified atom stereocenters. The molecule has 1 heterocycles. The molecule has 0 aliphatic heterocycles. The molecule has 0 aliphatic carbocycles. The number of aromatic nitrogens is 2. The van der Waals surface area contributed by atoms with E-state index in [9.17, 15) is 18.0 Å². The summed E-state index contributed by atoms with van der Waals surface area (Å²) in [6.07, 6.45) is -2.70. The highest BCUT2D eigenvalue weighted by molar-refractivity contribution is 6.04. The van der Waals surface area contributed by atoms with E-state index in [2.05, 4.69) is 15.2 Å². The van der Waals surface area contributed by atoms with E-state index in [1.54, 1.807) is 43.0 Å². The summed E-state index contributed by atoms with van der Waals surface area (Å²) >= 11 is 0. The predicted molar refractivity (Wildman–Crippen MR) is 78.1 cm³/mol. The van der Waals surface area contributed by atoms with Gasteiger partial charge in [0.15, 0.2) is 0 Å². The van der Waals surface area contributed by atoms with Crippen molar-refractivity contribution in [3.63, 3.8) is 0 Å². The molecule has 1 amide bonds. The quantitative estimate of drug-likeness (QED) is 0.918. The molecule has 0 radical (unpaired) electrons. The third kappa shape index (κ3) is 5.10. The number of alkyl halides is 3. The number of benzene rings is 1. The summed E-state index contributed by atoms with van der Waals surface area (Å²) in [4.78, 5) is 12.2. The Labute approximate surface area is 131 Å². The van der Waals surface area contributed by atoms with Gasteiger partial charge >= 0.3 is 6.18 Å². The van der Waals surface area contributed by atoms with Gasteiger partial charge in [-0.25, -0.2) is 0 Å². The van der Waals surface area contributed by atoms with Crippen molar-refractivity contribution in [2.45, 2.75) is 19.7 Å². The van der Waals surface area contributed by atoms with Crippen molar-refractivity contribution in [1.29, 1.82) is 0 Å². The molecule has 2 rings (SSSR count). The summed E-state index contributed by atoms with van der Waals surface area (Å²) < 4.78 is 42.3. The lowest BCUT2D eigenvalue weighted by molar-refractivity contribution is -0.176. The number of anilines is 1. The first kappa shape index (κ1) is 17.0. The second-order valence-corrected chi connectivity index (χ2v) is 5.06. The summed E-state index contributed by atoms with van der Waals surface area (Å²) in [5.41, 5.74) is 2.08. The van der Waals surface area contributed by atoms with Crippen molar-refractivity contribution in [1.82, 2.24) is 9.78 Å². The van der Waals surface area contributed by atoms with E-state index >= 15 is 0 Å². The number of amides is 1. The van der Waals surface area contributed by atoms with Gasteiger partial charge in [0.25, 0.3) is 5.91 Å². The Morgan fingerprint density at radius 1 is 1.39 bits per heavy atom. The van der Waals surface area contributed by atoms with Crippen LogP contribution in [0.5, 0.6) is 0 Å². The Bertz CT molecular complexity index is 696. The van der Waals surface area contributed by atoms with Gasteiger partial charge in [0.05, 0.1) is 18.0 Å². The monoisotopic (exact) mass is 327 g/mol. The number of aryl methyl sites for hydroxylation is 2. The fourth-order valence-electron chi connectivity index (χ4n) is 2.00. The zero-order valence-electron chi connectivity index (χ0n) is 12.6. The fourth-order valence-corrected chi connectivity index (χ4v) is 2.00. The van der Waals surface area contributed by atoms with Crippen LogP contribution >= 0.6 is 0 Å². The lowest BCUT2D eigenvalue weighted by atomic mass is 10.1. The molecule has 1 aromatic heterocycles. The van der Waals surface area contributed by atoms with Crippen LogP contribution in [-0.2, 0) is 18.4 Å². The van der Waals surface area contributed by atoms with Gasteiger partial charge in [-0.1, -0.05) is 12.1 Å². The van der Waals surface area contributed by atoms with Crippen LogP contribution in [0.3, 0.4) is 0 Å². The number of ether oxygens (including phenoxy) is 1. The van der Waals surface area contributed by atoms with Crippen molar-refractivity contribution in [2.24, 2.45) is 7.05 Å². The first-order valence-electron chi connectivity index (χ1n) is 6.79. The smallest absolute Gasteiger partial charge is 0.367 e. The minimum absolute atomic E-state index is 0.216. The van der Waals surface area contributed by atoms with Crippen LogP contribution < -0.4 is 5.32 Å². The first-order chi connectivity index (χ1) is 10.7. The third-order valence-electron chi connectivity index (χ3n) is 2.99. The van der Waals surface area contributed by atoms with Gasteiger partial charge in [-0.05, 0) is 24.6 Å². The number of halogens is 3. The topological polar surface area (TPSA) is 56.2 Å². The fraction of sp³-hybridized carbons (Fsp3) is 0.333. The number of hydrogen-bond donors (Lipinski definition) is 1. The normalized spacial score (nSPS) is 11.5. The maximum Gasteiger partial charge on any atom is 0.411 e. The van der Waals surface area contributed by atoms with Gasteiger partial charge in [-0.15, -0.1) is 0 Å². The summed E-state index contributed by atoms with van der Waals surface area (Å²) in [7, 11) is 1.74. The summed E-state index contributed by atoms with van der Waals surface area (Å²) in [5.74, 6) is -0.362. The Morgan fingerprint density at radius 2 is 2.13 bits per heavy atom. The van der Waals surface area contributed by atoms with Crippen molar-refractivity contribution < 1.29 is 22.7 Å². The number of rotatable bonds is 5. The molecule has 0 bridgehead atoms. The summed E-state index contributed by atoms with van der Waals surface area (Å²) in [6.45, 7) is 0.224. The van der Waals surface area contributed by atoms with Crippen LogP contribution in [0.1, 0.15) is 21.6 Å². The van der Waals surface area contributed by atoms with Crippen LogP contribution in [0, 0.1) is 6.92 Å². The molecule has 0 aliphatic rings. The van der Waals surface area contributed by atoms with E-state index in [0.717, 1.165) is 0 Å². The standard InChI is InChI=1S/C15H16F3N3O2/c1-10-13(7-21(2)20-10)19-14(22)12-5-3-4-11(6-12)8-23-9-15(16,17)18/h3-7H,8-9H2,1-2H3,(H,19,22). The molecule has 1 aromatic carbocycles. The van der Waals surface area contributed by atoms with E-state index < -0.39 is 12.8 Å². The second-order valence-electron chi connectivity index (χ2n) is 5.06. The number of carbonyl (C=O) groups excluding carboxylic acids is 1. The van der Waals surface area contributed by atoms with E-state index in [-0.39, 0.29) is 12.5 Å². The molecule has 23 heavy (non-hydrogen) atoms. The van der Waals surface area contributed by atoms with Crippen molar-refractivity contribution in [3.8, 4) is 0 Å². The second kappa shape index (κ2) is 6.82. The predicted octanol–water partition coefficient (Wildman–Crippen LogP) is 3.06. The average Bonchev–Trinajstić information content (AvgIpc) is 2.76. The van der Waals surface area contributed by atoms with Crippen molar-refractivity contribution >= 4 is 11.6 Å². The molecule has 124 valence electrons. The third-order valence-corrected chi connectivity index (χ3v) is 2.99. The lowest BCUT2D eigenvalue weighted by Gasteiger charge is -2.09. The van der Waals surface area contributed by atoms with Gasteiger partial charge in [-0.3, -0.25) is 9.48 Å². The molecular weight excluding hydrogens is 311 g/mol. The van der Waals surface area contributed by atoms with E-state index in [4.69, 9.17) is 0 Å². The molecular formula is C15H16F3N3O2. The lowest BCUT2D eigenvalue weighted by Crippen LogP contribution is -2.17. The summed E-state index contributed by atoms with van der Waals surface area (Å²) in [5, 5.41) is 6.83.